The largest absolute Gasteiger partial charge is 0.293 e. The minimum Gasteiger partial charge on any atom is -0.293 e. The molecule has 0 N–H and O–H groups in total. The summed E-state index contributed by atoms with van der Waals surface area (Å²) in [5, 5.41) is 0. The molecule has 0 heterocycles. The highest BCUT2D eigenvalue weighted by Gasteiger charge is 2.24. The number of halogens is 3. The first-order valence-electron chi connectivity index (χ1n) is 5.76. The van der Waals surface area contributed by atoms with Crippen molar-refractivity contribution in [1.29, 1.82) is 0 Å². The van der Waals surface area contributed by atoms with Gasteiger partial charge < -0.3 is 0 Å². The van der Waals surface area contributed by atoms with Crippen molar-refractivity contribution in [2.75, 3.05) is 5.75 Å². The molecule has 0 radical (unpaired) electrons. The standard InChI is InChI=1S/C14H9F3O3S/c15-10-3-1-9(2-4-10)13(18)8-21(19,20)14-6-5-11(16)7-12(14)17/h1-7H,8H2. The lowest BCUT2D eigenvalue weighted by atomic mass is 10.1. The third-order valence-corrected chi connectivity index (χ3v) is 4.36. The lowest BCUT2D eigenvalue weighted by Gasteiger charge is -2.05. The van der Waals surface area contributed by atoms with Crippen molar-refractivity contribution in [3.8, 4) is 0 Å². The summed E-state index contributed by atoms with van der Waals surface area (Å²) >= 11 is 0. The molecule has 0 saturated heterocycles. The van der Waals surface area contributed by atoms with Crippen LogP contribution in [0.5, 0.6) is 0 Å². The Morgan fingerprint density at radius 2 is 1.48 bits per heavy atom. The van der Waals surface area contributed by atoms with E-state index in [0.717, 1.165) is 36.4 Å². The third kappa shape index (κ3) is 3.49. The number of hydrogen-bond donors (Lipinski definition) is 0. The molecule has 0 aliphatic heterocycles. The molecule has 110 valence electrons. The molecule has 0 bridgehead atoms. The molecule has 21 heavy (non-hydrogen) atoms. The Bertz CT molecular complexity index is 784. The van der Waals surface area contributed by atoms with Gasteiger partial charge in [0, 0.05) is 11.6 Å². The average Bonchev–Trinajstić information content (AvgIpc) is 2.38. The maximum atomic E-state index is 13.5. The van der Waals surface area contributed by atoms with Crippen molar-refractivity contribution in [2.45, 2.75) is 4.90 Å². The van der Waals surface area contributed by atoms with Crippen molar-refractivity contribution < 1.29 is 26.4 Å². The zero-order chi connectivity index (χ0) is 15.6. The molecular formula is C14H9F3O3S. The van der Waals surface area contributed by atoms with Crippen molar-refractivity contribution >= 4 is 15.6 Å². The molecule has 0 aliphatic carbocycles. The maximum Gasteiger partial charge on any atom is 0.188 e. The molecule has 0 unspecified atom stereocenters. The number of ketones is 1. The molecule has 0 fully saturated rings. The second-order valence-corrected chi connectivity index (χ2v) is 6.22. The molecule has 2 aromatic rings. The smallest absolute Gasteiger partial charge is 0.188 e. The predicted octanol–water partition coefficient (Wildman–Crippen LogP) is 2.76. The van der Waals surface area contributed by atoms with Gasteiger partial charge in [-0.25, -0.2) is 21.6 Å². The number of hydrogen-bond acceptors (Lipinski definition) is 3. The Labute approximate surface area is 119 Å². The molecule has 0 amide bonds. The molecule has 7 heteroatoms. The van der Waals surface area contributed by atoms with Crippen LogP contribution in [0.4, 0.5) is 13.2 Å². The van der Waals surface area contributed by atoms with E-state index >= 15 is 0 Å². The van der Waals surface area contributed by atoms with E-state index in [4.69, 9.17) is 0 Å². The quantitative estimate of drug-likeness (QED) is 0.644. The average molecular weight is 314 g/mol. The highest BCUT2D eigenvalue weighted by molar-refractivity contribution is 7.92. The van der Waals surface area contributed by atoms with Crippen molar-refractivity contribution in [3.05, 3.63) is 65.5 Å². The van der Waals surface area contributed by atoms with E-state index in [1.54, 1.807) is 0 Å². The fourth-order valence-electron chi connectivity index (χ4n) is 1.70. The Hall–Kier alpha value is -2.15. The molecule has 0 aliphatic rings. The van der Waals surface area contributed by atoms with Gasteiger partial charge in [0.15, 0.2) is 15.6 Å². The summed E-state index contributed by atoms with van der Waals surface area (Å²) in [6.07, 6.45) is 0. The van der Waals surface area contributed by atoms with Crippen LogP contribution in [-0.4, -0.2) is 20.0 Å². The van der Waals surface area contributed by atoms with Gasteiger partial charge in [-0.3, -0.25) is 4.79 Å². The summed E-state index contributed by atoms with van der Waals surface area (Å²) in [6, 6.07) is 6.27. The monoisotopic (exact) mass is 314 g/mol. The first-order valence-corrected chi connectivity index (χ1v) is 7.41. The van der Waals surface area contributed by atoms with E-state index in [1.165, 1.54) is 0 Å². The van der Waals surface area contributed by atoms with Crippen LogP contribution < -0.4 is 0 Å². The Morgan fingerprint density at radius 1 is 0.905 bits per heavy atom. The number of carbonyl (C=O) groups is 1. The lowest BCUT2D eigenvalue weighted by Crippen LogP contribution is -2.17. The van der Waals surface area contributed by atoms with Crippen LogP contribution in [0.3, 0.4) is 0 Å². The first kappa shape index (κ1) is 15.2. The highest BCUT2D eigenvalue weighted by Crippen LogP contribution is 2.18. The van der Waals surface area contributed by atoms with Gasteiger partial charge in [-0.2, -0.15) is 0 Å². The van der Waals surface area contributed by atoms with Gasteiger partial charge >= 0.3 is 0 Å². The first-order chi connectivity index (χ1) is 9.79. The highest BCUT2D eigenvalue weighted by atomic mass is 32.2. The zero-order valence-electron chi connectivity index (χ0n) is 10.5. The van der Waals surface area contributed by atoms with E-state index in [1.807, 2.05) is 0 Å². The third-order valence-electron chi connectivity index (χ3n) is 2.72. The Kier molecular flexibility index (Phi) is 4.13. The number of sulfone groups is 1. The van der Waals surface area contributed by atoms with E-state index in [-0.39, 0.29) is 5.56 Å². The second-order valence-electron chi connectivity index (χ2n) is 4.26. The van der Waals surface area contributed by atoms with Crippen LogP contribution in [-0.2, 0) is 9.84 Å². The molecule has 2 aromatic carbocycles. The van der Waals surface area contributed by atoms with Crippen LogP contribution in [0.15, 0.2) is 47.4 Å². The number of Topliss-reactive ketones (excluding diaryl/α,β-unsaturated/α-hetero) is 1. The number of carbonyl (C=O) groups excluding carboxylic acids is 1. The Morgan fingerprint density at radius 3 is 2.05 bits per heavy atom. The molecule has 0 aromatic heterocycles. The van der Waals surface area contributed by atoms with Crippen molar-refractivity contribution in [1.82, 2.24) is 0 Å². The van der Waals surface area contributed by atoms with Crippen LogP contribution >= 0.6 is 0 Å². The van der Waals surface area contributed by atoms with Crippen LogP contribution in [0.25, 0.3) is 0 Å². The van der Waals surface area contributed by atoms with Crippen LogP contribution in [0, 0.1) is 17.5 Å². The summed E-state index contributed by atoms with van der Waals surface area (Å²) in [5.41, 5.74) is -0.0116. The molecule has 2 rings (SSSR count). The van der Waals surface area contributed by atoms with Crippen LogP contribution in [0.2, 0.25) is 0 Å². The Balaban J connectivity index is 2.29. The van der Waals surface area contributed by atoms with Gasteiger partial charge in [-0.15, -0.1) is 0 Å². The van der Waals surface area contributed by atoms with Crippen molar-refractivity contribution in [2.24, 2.45) is 0 Å². The molecule has 0 spiro atoms. The molecular weight excluding hydrogens is 305 g/mol. The van der Waals surface area contributed by atoms with Gasteiger partial charge in [0.05, 0.1) is 0 Å². The predicted molar refractivity (Wildman–Crippen MR) is 69.1 cm³/mol. The zero-order valence-corrected chi connectivity index (χ0v) is 11.3. The van der Waals surface area contributed by atoms with Crippen LogP contribution in [0.1, 0.15) is 10.4 Å². The maximum absolute atomic E-state index is 13.5. The van der Waals surface area contributed by atoms with E-state index in [2.05, 4.69) is 0 Å². The molecule has 0 atom stereocenters. The fraction of sp³-hybridized carbons (Fsp3) is 0.0714. The summed E-state index contributed by atoms with van der Waals surface area (Å²) in [5.74, 6) is -4.54. The van der Waals surface area contributed by atoms with Crippen molar-refractivity contribution in [3.63, 3.8) is 0 Å². The van der Waals surface area contributed by atoms with Gasteiger partial charge in [0.2, 0.25) is 0 Å². The molecule has 3 nitrogen and oxygen atoms in total. The summed E-state index contributed by atoms with van der Waals surface area (Å²) in [6.45, 7) is 0. The van der Waals surface area contributed by atoms with Gasteiger partial charge in [0.25, 0.3) is 0 Å². The van der Waals surface area contributed by atoms with E-state index < -0.39 is 43.7 Å². The van der Waals surface area contributed by atoms with E-state index in [0.29, 0.717) is 6.07 Å². The normalized spacial score (nSPS) is 11.4. The fourth-order valence-corrected chi connectivity index (χ4v) is 3.00. The molecule has 0 saturated carbocycles. The summed E-state index contributed by atoms with van der Waals surface area (Å²) in [4.78, 5) is 11.1. The second kappa shape index (κ2) is 5.69. The summed E-state index contributed by atoms with van der Waals surface area (Å²) in [7, 11) is -4.25. The van der Waals surface area contributed by atoms with E-state index in [9.17, 15) is 26.4 Å². The topological polar surface area (TPSA) is 51.2 Å². The van der Waals surface area contributed by atoms with Gasteiger partial charge in [-0.05, 0) is 36.4 Å². The summed E-state index contributed by atoms with van der Waals surface area (Å²) < 4.78 is 62.9. The van der Waals surface area contributed by atoms with Gasteiger partial charge in [0.1, 0.15) is 28.1 Å². The SMILES string of the molecule is O=C(CS(=O)(=O)c1ccc(F)cc1F)c1ccc(F)cc1. The lowest BCUT2D eigenvalue weighted by molar-refractivity contribution is 0.102. The minimum atomic E-state index is -4.25. The number of rotatable bonds is 4. The van der Waals surface area contributed by atoms with Gasteiger partial charge in [-0.1, -0.05) is 0 Å². The number of benzene rings is 2. The minimum absolute atomic E-state index is 0.0116.